The van der Waals surface area contributed by atoms with Crippen LogP contribution in [0, 0.1) is 0 Å². The third-order valence-corrected chi connectivity index (χ3v) is 3.76. The van der Waals surface area contributed by atoms with E-state index in [0.717, 1.165) is 35.3 Å². The van der Waals surface area contributed by atoms with Crippen LogP contribution in [0.2, 0.25) is 0 Å². The monoisotopic (exact) mass is 281 g/mol. The molecule has 1 unspecified atom stereocenters. The first-order valence-electron chi connectivity index (χ1n) is 7.17. The molecule has 0 saturated carbocycles. The van der Waals surface area contributed by atoms with Crippen molar-refractivity contribution in [2.24, 2.45) is 0 Å². The summed E-state index contributed by atoms with van der Waals surface area (Å²) in [5.74, 6) is 0.990. The number of methoxy groups -OCH3 is 1. The minimum Gasteiger partial charge on any atom is -0.382 e. The molecule has 0 aliphatic carbocycles. The number of aryl methyl sites for hydroxylation is 1. The Hall–Kier alpha value is -2.20. The highest BCUT2D eigenvalue weighted by Gasteiger charge is 2.08. The zero-order valence-electron chi connectivity index (χ0n) is 12.4. The molecule has 2 heterocycles. The van der Waals surface area contributed by atoms with Crippen molar-refractivity contribution in [2.75, 3.05) is 7.11 Å². The minimum atomic E-state index is 0.251. The zero-order valence-corrected chi connectivity index (χ0v) is 12.4. The van der Waals surface area contributed by atoms with E-state index in [1.807, 2.05) is 30.7 Å². The molecule has 1 aromatic carbocycles. The van der Waals surface area contributed by atoms with Crippen molar-refractivity contribution in [1.29, 1.82) is 0 Å². The molecule has 1 atom stereocenters. The Balaban J connectivity index is 1.90. The average Bonchev–Trinajstić information content (AvgIpc) is 3.00. The lowest BCUT2D eigenvalue weighted by atomic mass is 10.1. The number of fused-ring (bicyclic) bond motifs is 1. The molecule has 2 aromatic heterocycles. The fraction of sp³-hybridized carbons (Fsp3) is 0.294. The number of benzene rings is 1. The van der Waals surface area contributed by atoms with Crippen molar-refractivity contribution in [2.45, 2.75) is 26.0 Å². The van der Waals surface area contributed by atoms with Gasteiger partial charge in [-0.25, -0.2) is 4.98 Å². The summed E-state index contributed by atoms with van der Waals surface area (Å²) in [5.41, 5.74) is 2.12. The van der Waals surface area contributed by atoms with Gasteiger partial charge in [0, 0.05) is 43.2 Å². The Morgan fingerprint density at radius 2 is 2.10 bits per heavy atom. The maximum absolute atomic E-state index is 5.31. The third-order valence-electron chi connectivity index (χ3n) is 3.76. The summed E-state index contributed by atoms with van der Waals surface area (Å²) in [7, 11) is 1.75. The molecule has 0 aliphatic heterocycles. The number of hydrogen-bond acceptors (Lipinski definition) is 3. The highest BCUT2D eigenvalue weighted by atomic mass is 16.5. The van der Waals surface area contributed by atoms with E-state index in [9.17, 15) is 0 Å². The number of imidazole rings is 1. The van der Waals surface area contributed by atoms with Gasteiger partial charge in [-0.1, -0.05) is 6.07 Å². The lowest BCUT2D eigenvalue weighted by Crippen LogP contribution is -2.10. The van der Waals surface area contributed by atoms with Crippen LogP contribution in [0.3, 0.4) is 0 Å². The molecular weight excluding hydrogens is 262 g/mol. The van der Waals surface area contributed by atoms with Crippen LogP contribution in [0.4, 0.5) is 0 Å². The molecule has 0 fully saturated rings. The van der Waals surface area contributed by atoms with E-state index in [4.69, 9.17) is 4.74 Å². The van der Waals surface area contributed by atoms with Crippen LogP contribution in [0.15, 0.2) is 48.9 Å². The maximum Gasteiger partial charge on any atom is 0.139 e. The molecule has 0 amide bonds. The molecule has 108 valence electrons. The smallest absolute Gasteiger partial charge is 0.139 e. The van der Waals surface area contributed by atoms with Crippen LogP contribution < -0.4 is 0 Å². The van der Waals surface area contributed by atoms with Crippen LogP contribution in [-0.4, -0.2) is 27.7 Å². The summed E-state index contributed by atoms with van der Waals surface area (Å²) in [5, 5.41) is 1.13. The first-order chi connectivity index (χ1) is 10.3. The molecule has 0 bridgehead atoms. The SMILES string of the molecule is COC(C)CCn1ccnc1-c1ccc2ncccc2c1. The molecule has 3 rings (SSSR count). The van der Waals surface area contributed by atoms with Crippen molar-refractivity contribution in [3.8, 4) is 11.4 Å². The summed E-state index contributed by atoms with van der Waals surface area (Å²) >= 11 is 0. The Bertz CT molecular complexity index is 735. The molecule has 0 N–H and O–H groups in total. The molecule has 0 spiro atoms. The number of pyridine rings is 1. The van der Waals surface area contributed by atoms with E-state index in [0.29, 0.717) is 0 Å². The summed E-state index contributed by atoms with van der Waals surface area (Å²) in [6, 6.07) is 10.3. The summed E-state index contributed by atoms with van der Waals surface area (Å²) < 4.78 is 7.48. The van der Waals surface area contributed by atoms with E-state index in [1.54, 1.807) is 7.11 Å². The topological polar surface area (TPSA) is 39.9 Å². The van der Waals surface area contributed by atoms with Gasteiger partial charge in [-0.3, -0.25) is 4.98 Å². The Morgan fingerprint density at radius 3 is 2.95 bits per heavy atom. The highest BCUT2D eigenvalue weighted by molar-refractivity contribution is 5.83. The lowest BCUT2D eigenvalue weighted by molar-refractivity contribution is 0.107. The van der Waals surface area contributed by atoms with Crippen LogP contribution >= 0.6 is 0 Å². The van der Waals surface area contributed by atoms with Crippen LogP contribution in [0.5, 0.6) is 0 Å². The molecule has 0 saturated heterocycles. The molecule has 0 radical (unpaired) electrons. The van der Waals surface area contributed by atoms with Gasteiger partial charge in [-0.05, 0) is 37.6 Å². The predicted octanol–water partition coefficient (Wildman–Crippen LogP) is 3.52. The van der Waals surface area contributed by atoms with Crippen LogP contribution in [-0.2, 0) is 11.3 Å². The van der Waals surface area contributed by atoms with Crippen molar-refractivity contribution in [3.63, 3.8) is 0 Å². The Labute approximate surface area is 124 Å². The van der Waals surface area contributed by atoms with Gasteiger partial charge in [0.05, 0.1) is 11.6 Å². The van der Waals surface area contributed by atoms with Crippen molar-refractivity contribution in [1.82, 2.24) is 14.5 Å². The van der Waals surface area contributed by atoms with Gasteiger partial charge in [0.1, 0.15) is 5.82 Å². The van der Waals surface area contributed by atoms with E-state index < -0.39 is 0 Å². The molecule has 0 aliphatic rings. The van der Waals surface area contributed by atoms with E-state index in [2.05, 4.69) is 39.7 Å². The summed E-state index contributed by atoms with van der Waals surface area (Å²) in [6.45, 7) is 2.98. The number of rotatable bonds is 5. The van der Waals surface area contributed by atoms with Gasteiger partial charge in [0.2, 0.25) is 0 Å². The van der Waals surface area contributed by atoms with Crippen molar-refractivity contribution >= 4 is 10.9 Å². The van der Waals surface area contributed by atoms with Crippen molar-refractivity contribution < 1.29 is 4.74 Å². The standard InChI is InChI=1S/C17H19N3O/c1-13(21-2)7-10-20-11-9-19-17(20)15-5-6-16-14(12-15)4-3-8-18-16/h3-6,8-9,11-13H,7,10H2,1-2H3. The van der Waals surface area contributed by atoms with Gasteiger partial charge in [-0.2, -0.15) is 0 Å². The van der Waals surface area contributed by atoms with Gasteiger partial charge in [0.15, 0.2) is 0 Å². The van der Waals surface area contributed by atoms with Gasteiger partial charge >= 0.3 is 0 Å². The number of ether oxygens (including phenoxy) is 1. The van der Waals surface area contributed by atoms with E-state index in [-0.39, 0.29) is 6.10 Å². The van der Waals surface area contributed by atoms with Gasteiger partial charge < -0.3 is 9.30 Å². The first-order valence-corrected chi connectivity index (χ1v) is 7.17. The fourth-order valence-electron chi connectivity index (χ4n) is 2.40. The van der Waals surface area contributed by atoms with E-state index in [1.165, 1.54) is 0 Å². The lowest BCUT2D eigenvalue weighted by Gasteiger charge is -2.12. The summed E-state index contributed by atoms with van der Waals surface area (Å²) in [6.07, 6.45) is 6.90. The second-order valence-electron chi connectivity index (χ2n) is 5.19. The quantitative estimate of drug-likeness (QED) is 0.718. The number of hydrogen-bond donors (Lipinski definition) is 0. The Morgan fingerprint density at radius 1 is 1.19 bits per heavy atom. The zero-order chi connectivity index (χ0) is 14.7. The number of nitrogens with zero attached hydrogens (tertiary/aromatic N) is 3. The van der Waals surface area contributed by atoms with Gasteiger partial charge in [-0.15, -0.1) is 0 Å². The highest BCUT2D eigenvalue weighted by Crippen LogP contribution is 2.22. The molecule has 4 nitrogen and oxygen atoms in total. The Kier molecular flexibility index (Phi) is 3.97. The summed E-state index contributed by atoms with van der Waals surface area (Å²) in [4.78, 5) is 8.85. The largest absolute Gasteiger partial charge is 0.382 e. The first kappa shape index (κ1) is 13.8. The second kappa shape index (κ2) is 6.06. The van der Waals surface area contributed by atoms with E-state index >= 15 is 0 Å². The molecule has 3 aromatic rings. The molecular formula is C17H19N3O. The minimum absolute atomic E-state index is 0.251. The van der Waals surface area contributed by atoms with Crippen molar-refractivity contribution in [3.05, 3.63) is 48.9 Å². The van der Waals surface area contributed by atoms with Crippen LogP contribution in [0.1, 0.15) is 13.3 Å². The maximum atomic E-state index is 5.31. The fourth-order valence-corrected chi connectivity index (χ4v) is 2.40. The van der Waals surface area contributed by atoms with Gasteiger partial charge in [0.25, 0.3) is 0 Å². The van der Waals surface area contributed by atoms with Crippen LogP contribution in [0.25, 0.3) is 22.3 Å². The molecule has 21 heavy (non-hydrogen) atoms. The normalized spacial score (nSPS) is 12.7. The average molecular weight is 281 g/mol. The molecule has 4 heteroatoms. The second-order valence-corrected chi connectivity index (χ2v) is 5.19. The third kappa shape index (κ3) is 2.95. The number of aromatic nitrogens is 3. The predicted molar refractivity (Wildman–Crippen MR) is 84.1 cm³/mol.